The first-order valence-electron chi connectivity index (χ1n) is 6.83. The van der Waals surface area contributed by atoms with Gasteiger partial charge in [0.1, 0.15) is 6.04 Å². The third-order valence-electron chi connectivity index (χ3n) is 2.95. The van der Waals surface area contributed by atoms with Crippen LogP contribution in [0.1, 0.15) is 24.2 Å². The molecule has 1 aromatic heterocycles. The number of carbonyl (C=O) groups is 2. The molecule has 0 bridgehead atoms. The van der Waals surface area contributed by atoms with Gasteiger partial charge in [-0.05, 0) is 12.0 Å². The van der Waals surface area contributed by atoms with Crippen molar-refractivity contribution in [1.29, 1.82) is 0 Å². The van der Waals surface area contributed by atoms with Gasteiger partial charge in [0.15, 0.2) is 6.61 Å². The first-order valence-corrected chi connectivity index (χ1v) is 6.83. The summed E-state index contributed by atoms with van der Waals surface area (Å²) in [6, 6.07) is 1.08. The molecular formula is C14H16F4N2O4. The number of aromatic nitrogens is 1. The van der Waals surface area contributed by atoms with Gasteiger partial charge in [0.2, 0.25) is 5.88 Å². The summed E-state index contributed by atoms with van der Waals surface area (Å²) < 4.78 is 53.9. The molecule has 134 valence electrons. The fraction of sp³-hybridized carbons (Fsp3) is 0.500. The molecule has 10 heteroatoms. The fourth-order valence-electron chi connectivity index (χ4n) is 1.57. The van der Waals surface area contributed by atoms with Crippen molar-refractivity contribution in [3.8, 4) is 5.88 Å². The summed E-state index contributed by atoms with van der Waals surface area (Å²) in [7, 11) is 0. The summed E-state index contributed by atoms with van der Waals surface area (Å²) in [5.74, 6) is -6.98. The lowest BCUT2D eigenvalue weighted by atomic mass is 10.0. The quantitative estimate of drug-likeness (QED) is 0.700. The van der Waals surface area contributed by atoms with E-state index in [-0.39, 0.29) is 17.4 Å². The molecule has 1 heterocycles. The summed E-state index contributed by atoms with van der Waals surface area (Å²) >= 11 is 0. The Morgan fingerprint density at radius 3 is 2.38 bits per heavy atom. The molecule has 0 saturated carbocycles. The van der Waals surface area contributed by atoms with Crippen LogP contribution in [0.3, 0.4) is 0 Å². The average molecular weight is 352 g/mol. The Balaban J connectivity index is 2.70. The zero-order valence-corrected chi connectivity index (χ0v) is 12.8. The highest BCUT2D eigenvalue weighted by Gasteiger charge is 2.41. The molecule has 0 radical (unpaired) electrons. The maximum absolute atomic E-state index is 12.7. The minimum absolute atomic E-state index is 0.0325. The largest absolute Gasteiger partial charge is 0.480 e. The number of amides is 1. The number of hydrogen-bond acceptors (Lipinski definition) is 4. The molecule has 1 rings (SSSR count). The second-order valence-corrected chi connectivity index (χ2v) is 5.27. The minimum atomic E-state index is -4.32. The highest BCUT2D eigenvalue weighted by Crippen LogP contribution is 2.23. The maximum Gasteiger partial charge on any atom is 0.340 e. The first-order chi connectivity index (χ1) is 11.0. The molecule has 0 spiro atoms. The van der Waals surface area contributed by atoms with Gasteiger partial charge < -0.3 is 15.2 Å². The van der Waals surface area contributed by atoms with Crippen LogP contribution in [0, 0.1) is 5.92 Å². The Kier molecular flexibility index (Phi) is 6.50. The van der Waals surface area contributed by atoms with Gasteiger partial charge in [-0.15, -0.1) is 0 Å². The smallest absolute Gasteiger partial charge is 0.340 e. The van der Waals surface area contributed by atoms with Gasteiger partial charge in [-0.2, -0.15) is 8.78 Å². The number of hydrogen-bond donors (Lipinski definition) is 2. The van der Waals surface area contributed by atoms with Gasteiger partial charge in [-0.3, -0.25) is 4.79 Å². The predicted octanol–water partition coefficient (Wildman–Crippen LogP) is 2.20. The number of pyridine rings is 1. The maximum atomic E-state index is 12.7. The topological polar surface area (TPSA) is 88.5 Å². The molecule has 0 aliphatic heterocycles. The minimum Gasteiger partial charge on any atom is -0.480 e. The van der Waals surface area contributed by atoms with Crippen LogP contribution in [0.25, 0.3) is 0 Å². The lowest BCUT2D eigenvalue weighted by Gasteiger charge is -2.18. The van der Waals surface area contributed by atoms with Gasteiger partial charge in [0, 0.05) is 12.3 Å². The van der Waals surface area contributed by atoms with E-state index < -0.39 is 36.9 Å². The van der Waals surface area contributed by atoms with Crippen LogP contribution in [0.15, 0.2) is 18.3 Å². The molecule has 6 nitrogen and oxygen atoms in total. The molecule has 24 heavy (non-hydrogen) atoms. The average Bonchev–Trinajstić information content (AvgIpc) is 2.50. The number of rotatable bonds is 8. The second kappa shape index (κ2) is 7.93. The molecule has 1 unspecified atom stereocenters. The third-order valence-corrected chi connectivity index (χ3v) is 2.95. The normalized spacial score (nSPS) is 13.0. The number of alkyl halides is 4. The van der Waals surface area contributed by atoms with Crippen LogP contribution >= 0.6 is 0 Å². The molecule has 0 saturated heterocycles. The molecule has 1 atom stereocenters. The van der Waals surface area contributed by atoms with Crippen molar-refractivity contribution in [3.05, 3.63) is 23.9 Å². The summed E-state index contributed by atoms with van der Waals surface area (Å²) in [6.45, 7) is 1.66. The van der Waals surface area contributed by atoms with Gasteiger partial charge in [0.25, 0.3) is 5.91 Å². The number of carboxylic acids is 1. The molecule has 2 N–H and O–H groups in total. The highest BCUT2D eigenvalue weighted by molar-refractivity contribution is 5.96. The summed E-state index contributed by atoms with van der Waals surface area (Å²) in [5.41, 5.74) is -0.0325. The van der Waals surface area contributed by atoms with Crippen molar-refractivity contribution in [1.82, 2.24) is 10.3 Å². The van der Waals surface area contributed by atoms with Gasteiger partial charge >= 0.3 is 18.3 Å². The van der Waals surface area contributed by atoms with Crippen molar-refractivity contribution in [3.63, 3.8) is 0 Å². The molecule has 0 aliphatic carbocycles. The van der Waals surface area contributed by atoms with E-state index in [0.717, 1.165) is 18.3 Å². The van der Waals surface area contributed by atoms with E-state index in [1.165, 1.54) is 0 Å². The second-order valence-electron chi connectivity index (χ2n) is 5.27. The van der Waals surface area contributed by atoms with E-state index in [4.69, 9.17) is 5.11 Å². The van der Waals surface area contributed by atoms with Crippen LogP contribution in [-0.2, 0) is 4.79 Å². The molecule has 1 aromatic rings. The number of nitrogens with zero attached hydrogens (tertiary/aromatic N) is 1. The molecule has 0 fully saturated rings. The monoisotopic (exact) mass is 352 g/mol. The third kappa shape index (κ3) is 5.36. The molecule has 0 aliphatic rings. The summed E-state index contributed by atoms with van der Waals surface area (Å²) in [4.78, 5) is 26.5. The summed E-state index contributed by atoms with van der Waals surface area (Å²) in [6.07, 6.45) is -2.91. The van der Waals surface area contributed by atoms with Crippen LogP contribution in [0.4, 0.5) is 17.6 Å². The molecule has 0 aromatic carbocycles. The van der Waals surface area contributed by atoms with Crippen LogP contribution < -0.4 is 10.1 Å². The van der Waals surface area contributed by atoms with Gasteiger partial charge in [-0.25, -0.2) is 18.6 Å². The number of aliphatic carboxylic acids is 1. The van der Waals surface area contributed by atoms with Crippen LogP contribution in [0.5, 0.6) is 5.88 Å². The number of carbonyl (C=O) groups excluding carboxylic acids is 1. The number of carboxylic acid groups (broad SMARTS) is 1. The Morgan fingerprint density at radius 1 is 1.33 bits per heavy atom. The standard InChI is InChI=1S/C14H16F4N2O4/c1-7(2)10(12(22)23)20-11(21)8-3-4-9(19-5-8)24-6-14(17,18)13(15)16/h3-5,7,10,13H,6H2,1-2H3,(H,20,21)(H,22,23). The Bertz CT molecular complexity index is 579. The van der Waals surface area contributed by atoms with E-state index >= 15 is 0 Å². The van der Waals surface area contributed by atoms with E-state index in [1.54, 1.807) is 13.8 Å². The Hall–Kier alpha value is -2.39. The zero-order chi connectivity index (χ0) is 18.5. The number of halogens is 4. The SMILES string of the molecule is CC(C)C(NC(=O)c1ccc(OCC(F)(F)C(F)F)nc1)C(=O)O. The molecular weight excluding hydrogens is 336 g/mol. The number of ether oxygens (including phenoxy) is 1. The Morgan fingerprint density at radius 2 is 1.96 bits per heavy atom. The van der Waals surface area contributed by atoms with E-state index in [2.05, 4.69) is 15.0 Å². The molecule has 1 amide bonds. The predicted molar refractivity (Wildman–Crippen MR) is 74.4 cm³/mol. The highest BCUT2D eigenvalue weighted by atomic mass is 19.3. The summed E-state index contributed by atoms with van der Waals surface area (Å²) in [5, 5.41) is 11.3. The van der Waals surface area contributed by atoms with Crippen molar-refractivity contribution in [2.24, 2.45) is 5.92 Å². The van der Waals surface area contributed by atoms with E-state index in [0.29, 0.717) is 0 Å². The zero-order valence-electron chi connectivity index (χ0n) is 12.8. The fourth-order valence-corrected chi connectivity index (χ4v) is 1.57. The first kappa shape index (κ1) is 19.7. The van der Waals surface area contributed by atoms with Gasteiger partial charge in [0.05, 0.1) is 5.56 Å². The van der Waals surface area contributed by atoms with Crippen molar-refractivity contribution >= 4 is 11.9 Å². The van der Waals surface area contributed by atoms with Crippen LogP contribution in [-0.4, -0.2) is 47.0 Å². The van der Waals surface area contributed by atoms with Crippen molar-refractivity contribution in [2.45, 2.75) is 32.2 Å². The van der Waals surface area contributed by atoms with Crippen molar-refractivity contribution in [2.75, 3.05) is 6.61 Å². The van der Waals surface area contributed by atoms with E-state index in [9.17, 15) is 27.2 Å². The van der Waals surface area contributed by atoms with Crippen molar-refractivity contribution < 1.29 is 37.0 Å². The lowest BCUT2D eigenvalue weighted by molar-refractivity contribution is -0.148. The van der Waals surface area contributed by atoms with Crippen LogP contribution in [0.2, 0.25) is 0 Å². The van der Waals surface area contributed by atoms with E-state index in [1.807, 2.05) is 0 Å². The Labute approximate surface area is 134 Å². The lowest BCUT2D eigenvalue weighted by Crippen LogP contribution is -2.44. The number of nitrogens with one attached hydrogen (secondary N) is 1. The van der Waals surface area contributed by atoms with Gasteiger partial charge in [-0.1, -0.05) is 13.8 Å².